The fraction of sp³-hybridized carbons (Fsp3) is 0.323. The van der Waals surface area contributed by atoms with E-state index in [9.17, 15) is 9.90 Å². The van der Waals surface area contributed by atoms with Gasteiger partial charge in [-0.05, 0) is 67.6 Å². The first-order valence-corrected chi connectivity index (χ1v) is 11.8. The molecule has 0 aliphatic rings. The van der Waals surface area contributed by atoms with Crippen LogP contribution in [0.15, 0.2) is 72.8 Å². The van der Waals surface area contributed by atoms with Gasteiger partial charge in [0.05, 0.1) is 0 Å². The van der Waals surface area contributed by atoms with E-state index in [0.717, 1.165) is 16.7 Å². The van der Waals surface area contributed by atoms with Gasteiger partial charge in [0.15, 0.2) is 0 Å². The van der Waals surface area contributed by atoms with Crippen LogP contribution >= 0.6 is 0 Å². The molecule has 0 saturated heterocycles. The van der Waals surface area contributed by atoms with Crippen LogP contribution < -0.4 is 0 Å². The summed E-state index contributed by atoms with van der Waals surface area (Å²) in [5, 5.41) is 24.6. The van der Waals surface area contributed by atoms with Crippen LogP contribution in [0.4, 0.5) is 0 Å². The summed E-state index contributed by atoms with van der Waals surface area (Å²) in [6.45, 7) is 12.3. The molecule has 178 valence electrons. The minimum atomic E-state index is -0.798. The van der Waals surface area contributed by atoms with E-state index in [4.69, 9.17) is 5.11 Å². The fourth-order valence-electron chi connectivity index (χ4n) is 4.12. The summed E-state index contributed by atoms with van der Waals surface area (Å²) in [4.78, 5) is 10.8. The van der Waals surface area contributed by atoms with E-state index in [1.165, 1.54) is 21.5 Å². The average Bonchev–Trinajstić information content (AvgIpc) is 2.75. The SMILES string of the molecule is CC(C)(C)c1cc(CCC(=O)O)cc(C(C)(C)C)c1O.c1ccc2cc3ccccc3cc2c1. The quantitative estimate of drug-likeness (QED) is 0.307. The van der Waals surface area contributed by atoms with Crippen molar-refractivity contribution in [3.05, 3.63) is 89.5 Å². The lowest BCUT2D eigenvalue weighted by atomic mass is 9.78. The first-order valence-electron chi connectivity index (χ1n) is 11.8. The number of aromatic hydroxyl groups is 1. The highest BCUT2D eigenvalue weighted by atomic mass is 16.4. The molecule has 4 aromatic rings. The number of hydrogen-bond donors (Lipinski definition) is 2. The van der Waals surface area contributed by atoms with Gasteiger partial charge in [0.25, 0.3) is 0 Å². The number of rotatable bonds is 3. The Bertz CT molecular complexity index is 1160. The van der Waals surface area contributed by atoms with Crippen LogP contribution in [0.5, 0.6) is 5.75 Å². The van der Waals surface area contributed by atoms with Crippen LogP contribution in [0, 0.1) is 0 Å². The zero-order valence-electron chi connectivity index (χ0n) is 21.1. The molecule has 2 N–H and O–H groups in total. The second-order valence-corrected chi connectivity index (χ2v) is 11.0. The highest BCUT2D eigenvalue weighted by Crippen LogP contribution is 2.40. The summed E-state index contributed by atoms with van der Waals surface area (Å²) >= 11 is 0. The Balaban J connectivity index is 0.000000201. The Hall–Kier alpha value is -3.33. The third-order valence-electron chi connectivity index (χ3n) is 6.03. The molecule has 3 heteroatoms. The van der Waals surface area contributed by atoms with E-state index in [1.54, 1.807) is 0 Å². The lowest BCUT2D eigenvalue weighted by molar-refractivity contribution is -0.136. The molecule has 34 heavy (non-hydrogen) atoms. The van der Waals surface area contributed by atoms with Gasteiger partial charge in [0.2, 0.25) is 0 Å². The number of benzene rings is 4. The Labute approximate surface area is 203 Å². The molecule has 0 aromatic heterocycles. The molecule has 0 unspecified atom stereocenters. The largest absolute Gasteiger partial charge is 0.507 e. The summed E-state index contributed by atoms with van der Waals surface area (Å²) in [6.07, 6.45) is 0.597. The van der Waals surface area contributed by atoms with Gasteiger partial charge in [-0.15, -0.1) is 0 Å². The Morgan fingerprint density at radius 2 is 1.03 bits per heavy atom. The molecule has 4 aromatic carbocycles. The highest BCUT2D eigenvalue weighted by Gasteiger charge is 2.26. The number of hydrogen-bond acceptors (Lipinski definition) is 2. The molecule has 0 saturated carbocycles. The molecule has 0 atom stereocenters. The number of phenols is 1. The Kier molecular flexibility index (Phi) is 7.35. The van der Waals surface area contributed by atoms with Crippen molar-refractivity contribution in [2.45, 2.75) is 65.2 Å². The van der Waals surface area contributed by atoms with Gasteiger partial charge in [0, 0.05) is 6.42 Å². The van der Waals surface area contributed by atoms with Crippen molar-refractivity contribution in [3.63, 3.8) is 0 Å². The van der Waals surface area contributed by atoms with E-state index in [0.29, 0.717) is 12.2 Å². The topological polar surface area (TPSA) is 57.5 Å². The minimum Gasteiger partial charge on any atom is -0.507 e. The first kappa shape index (κ1) is 25.3. The fourth-order valence-corrected chi connectivity index (χ4v) is 4.12. The van der Waals surface area contributed by atoms with Crippen LogP contribution in [0.25, 0.3) is 21.5 Å². The van der Waals surface area contributed by atoms with E-state index in [-0.39, 0.29) is 17.3 Å². The van der Waals surface area contributed by atoms with Gasteiger partial charge in [-0.3, -0.25) is 4.79 Å². The number of aryl methyl sites for hydroxylation is 1. The zero-order valence-corrected chi connectivity index (χ0v) is 21.1. The predicted molar refractivity (Wildman–Crippen MR) is 143 cm³/mol. The maximum Gasteiger partial charge on any atom is 0.303 e. The van der Waals surface area contributed by atoms with E-state index in [2.05, 4.69) is 102 Å². The summed E-state index contributed by atoms with van der Waals surface area (Å²) in [5.74, 6) is -0.461. The number of carboxylic acid groups (broad SMARTS) is 1. The van der Waals surface area contributed by atoms with Gasteiger partial charge in [-0.1, -0.05) is 102 Å². The van der Waals surface area contributed by atoms with Gasteiger partial charge in [0.1, 0.15) is 5.75 Å². The first-order chi connectivity index (χ1) is 15.9. The standard InChI is InChI=1S/C17H26O3.C14H10/c1-16(2,3)12-9-11(7-8-14(18)19)10-13(15(12)20)17(4,5)6;1-2-6-12-10-14-8-4-3-7-13(14)9-11(12)5-1/h9-10,20H,7-8H2,1-6H3,(H,18,19);1-10H. The zero-order chi connectivity index (χ0) is 25.1. The molecule has 0 spiro atoms. The van der Waals surface area contributed by atoms with Crippen LogP contribution in [-0.4, -0.2) is 16.2 Å². The number of fused-ring (bicyclic) bond motifs is 2. The molecule has 3 nitrogen and oxygen atoms in total. The monoisotopic (exact) mass is 456 g/mol. The summed E-state index contributed by atoms with van der Waals surface area (Å²) in [6, 6.07) is 25.3. The number of phenolic OH excluding ortho intramolecular Hbond substituents is 1. The Morgan fingerprint density at radius 3 is 1.32 bits per heavy atom. The maximum absolute atomic E-state index is 10.8. The Morgan fingerprint density at radius 1 is 0.676 bits per heavy atom. The number of carboxylic acids is 1. The maximum atomic E-state index is 10.8. The van der Waals surface area contributed by atoms with E-state index in [1.807, 2.05) is 12.1 Å². The van der Waals surface area contributed by atoms with Crippen molar-refractivity contribution in [2.75, 3.05) is 0 Å². The lowest BCUT2D eigenvalue weighted by Crippen LogP contribution is -2.18. The van der Waals surface area contributed by atoms with Crippen LogP contribution in [0.1, 0.15) is 64.7 Å². The molecular formula is C31H36O3. The molecule has 4 rings (SSSR count). The van der Waals surface area contributed by atoms with Crippen LogP contribution in [-0.2, 0) is 22.0 Å². The number of aliphatic carboxylic acids is 1. The van der Waals surface area contributed by atoms with Gasteiger partial charge < -0.3 is 10.2 Å². The molecule has 0 fully saturated rings. The second kappa shape index (κ2) is 9.89. The molecule has 0 bridgehead atoms. The molecule has 0 aliphatic carbocycles. The highest BCUT2D eigenvalue weighted by molar-refractivity contribution is 5.98. The number of carbonyl (C=O) groups is 1. The lowest BCUT2D eigenvalue weighted by Gasteiger charge is -2.28. The third-order valence-corrected chi connectivity index (χ3v) is 6.03. The molecule has 0 heterocycles. The van der Waals surface area contributed by atoms with Crippen molar-refractivity contribution in [1.82, 2.24) is 0 Å². The van der Waals surface area contributed by atoms with Crippen molar-refractivity contribution >= 4 is 27.5 Å². The van der Waals surface area contributed by atoms with Gasteiger partial charge in [-0.25, -0.2) is 0 Å². The molecular weight excluding hydrogens is 420 g/mol. The molecule has 0 aliphatic heterocycles. The third kappa shape index (κ3) is 6.17. The summed E-state index contributed by atoms with van der Waals surface area (Å²) < 4.78 is 0. The molecule has 0 amide bonds. The normalized spacial score (nSPS) is 11.8. The van der Waals surface area contributed by atoms with Gasteiger partial charge >= 0.3 is 5.97 Å². The second-order valence-electron chi connectivity index (χ2n) is 11.0. The van der Waals surface area contributed by atoms with Crippen molar-refractivity contribution in [1.29, 1.82) is 0 Å². The van der Waals surface area contributed by atoms with Gasteiger partial charge in [-0.2, -0.15) is 0 Å². The minimum absolute atomic E-state index is 0.109. The van der Waals surface area contributed by atoms with Crippen molar-refractivity contribution in [3.8, 4) is 5.75 Å². The predicted octanol–water partition coefficient (Wildman–Crippen LogP) is 8.00. The summed E-state index contributed by atoms with van der Waals surface area (Å²) in [7, 11) is 0. The van der Waals surface area contributed by atoms with Crippen LogP contribution in [0.2, 0.25) is 0 Å². The van der Waals surface area contributed by atoms with Crippen LogP contribution in [0.3, 0.4) is 0 Å². The molecule has 0 radical (unpaired) electrons. The van der Waals surface area contributed by atoms with Crippen molar-refractivity contribution in [2.24, 2.45) is 0 Å². The van der Waals surface area contributed by atoms with Crippen molar-refractivity contribution < 1.29 is 15.0 Å². The smallest absolute Gasteiger partial charge is 0.303 e. The van der Waals surface area contributed by atoms with E-state index >= 15 is 0 Å². The average molecular weight is 457 g/mol. The summed E-state index contributed by atoms with van der Waals surface area (Å²) in [5.41, 5.74) is 2.38. The van der Waals surface area contributed by atoms with E-state index < -0.39 is 5.97 Å².